The fraction of sp³-hybridized carbons (Fsp3) is 0.269. The van der Waals surface area contributed by atoms with Gasteiger partial charge in [0.1, 0.15) is 16.9 Å². The molecular formula is C26H28N4O3. The molecule has 170 valence electrons. The van der Waals surface area contributed by atoms with Crippen LogP contribution in [0.15, 0.2) is 77.5 Å². The molecule has 0 aliphatic carbocycles. The van der Waals surface area contributed by atoms with Gasteiger partial charge in [0.15, 0.2) is 5.58 Å². The lowest BCUT2D eigenvalue weighted by Gasteiger charge is -2.28. The zero-order valence-corrected chi connectivity index (χ0v) is 18.9. The average molecular weight is 445 g/mol. The molecule has 0 saturated heterocycles. The Bertz CT molecular complexity index is 1230. The topological polar surface area (TPSA) is 80.4 Å². The molecule has 0 aliphatic heterocycles. The minimum atomic E-state index is -0.148. The van der Waals surface area contributed by atoms with Gasteiger partial charge in [-0.3, -0.25) is 9.59 Å². The fourth-order valence-corrected chi connectivity index (χ4v) is 3.97. The SMILES string of the molecule is CN(C(=O)c1ccc2occc2n1)C(CCNC(=O)c1cccn1C)CCc1ccccc1. The summed E-state index contributed by atoms with van der Waals surface area (Å²) in [5, 5.41) is 2.98. The highest BCUT2D eigenvalue weighted by molar-refractivity contribution is 5.94. The van der Waals surface area contributed by atoms with Gasteiger partial charge in [0.05, 0.1) is 6.26 Å². The Balaban J connectivity index is 1.45. The largest absolute Gasteiger partial charge is 0.463 e. The molecule has 7 heteroatoms. The number of pyridine rings is 1. The van der Waals surface area contributed by atoms with E-state index in [4.69, 9.17) is 4.42 Å². The van der Waals surface area contributed by atoms with E-state index in [9.17, 15) is 9.59 Å². The van der Waals surface area contributed by atoms with E-state index in [1.807, 2.05) is 37.5 Å². The molecule has 4 rings (SSSR count). The first-order valence-electron chi connectivity index (χ1n) is 11.1. The smallest absolute Gasteiger partial charge is 0.272 e. The first-order valence-corrected chi connectivity index (χ1v) is 11.1. The number of fused-ring (bicyclic) bond motifs is 1. The minimum Gasteiger partial charge on any atom is -0.463 e. The second-order valence-corrected chi connectivity index (χ2v) is 8.14. The number of rotatable bonds is 9. The molecule has 7 nitrogen and oxygen atoms in total. The molecule has 3 aromatic heterocycles. The normalized spacial score (nSPS) is 11.9. The lowest BCUT2D eigenvalue weighted by molar-refractivity contribution is 0.0710. The molecule has 0 bridgehead atoms. The maximum absolute atomic E-state index is 13.2. The van der Waals surface area contributed by atoms with Crippen LogP contribution in [0.3, 0.4) is 0 Å². The maximum Gasteiger partial charge on any atom is 0.272 e. The number of aryl methyl sites for hydroxylation is 2. The van der Waals surface area contributed by atoms with Crippen molar-refractivity contribution in [3.05, 3.63) is 90.1 Å². The Morgan fingerprint density at radius 2 is 1.88 bits per heavy atom. The average Bonchev–Trinajstić information content (AvgIpc) is 3.49. The van der Waals surface area contributed by atoms with Gasteiger partial charge in [-0.25, -0.2) is 4.98 Å². The number of hydrogen-bond donors (Lipinski definition) is 1. The number of carbonyl (C=O) groups is 2. The van der Waals surface area contributed by atoms with Crippen LogP contribution in [0.2, 0.25) is 0 Å². The summed E-state index contributed by atoms with van der Waals surface area (Å²) in [5.41, 5.74) is 3.51. The first kappa shape index (κ1) is 22.3. The van der Waals surface area contributed by atoms with Crippen molar-refractivity contribution in [1.82, 2.24) is 19.8 Å². The van der Waals surface area contributed by atoms with E-state index in [0.29, 0.717) is 35.5 Å². The zero-order chi connectivity index (χ0) is 23.2. The van der Waals surface area contributed by atoms with Crippen molar-refractivity contribution in [2.24, 2.45) is 7.05 Å². The molecule has 0 saturated carbocycles. The Kier molecular flexibility index (Phi) is 6.88. The molecule has 0 fully saturated rings. The van der Waals surface area contributed by atoms with Gasteiger partial charge >= 0.3 is 0 Å². The minimum absolute atomic E-state index is 0.0618. The molecule has 1 unspecified atom stereocenters. The van der Waals surface area contributed by atoms with Crippen LogP contribution in [0, 0.1) is 0 Å². The van der Waals surface area contributed by atoms with Gasteiger partial charge in [0, 0.05) is 38.9 Å². The summed E-state index contributed by atoms with van der Waals surface area (Å²) >= 11 is 0. The van der Waals surface area contributed by atoms with Crippen molar-refractivity contribution in [3.63, 3.8) is 0 Å². The van der Waals surface area contributed by atoms with Gasteiger partial charge in [-0.1, -0.05) is 30.3 Å². The second-order valence-electron chi connectivity index (χ2n) is 8.14. The summed E-state index contributed by atoms with van der Waals surface area (Å²) in [7, 11) is 3.64. The van der Waals surface area contributed by atoms with E-state index < -0.39 is 0 Å². The lowest BCUT2D eigenvalue weighted by atomic mass is 10.0. The molecule has 0 aliphatic rings. The van der Waals surface area contributed by atoms with Crippen molar-refractivity contribution in [3.8, 4) is 0 Å². The van der Waals surface area contributed by atoms with Gasteiger partial charge in [0.2, 0.25) is 0 Å². The molecule has 1 atom stereocenters. The van der Waals surface area contributed by atoms with E-state index in [-0.39, 0.29) is 17.9 Å². The third-order valence-electron chi connectivity index (χ3n) is 5.94. The monoisotopic (exact) mass is 444 g/mol. The van der Waals surface area contributed by atoms with Crippen LogP contribution in [-0.2, 0) is 13.5 Å². The van der Waals surface area contributed by atoms with Crippen LogP contribution in [0.4, 0.5) is 0 Å². The summed E-state index contributed by atoms with van der Waals surface area (Å²) in [6, 6.07) is 19.0. The van der Waals surface area contributed by atoms with Crippen molar-refractivity contribution < 1.29 is 14.0 Å². The standard InChI is InChI=1S/C26H28N4O3/c1-29-17-6-9-23(29)25(31)27-16-14-20(11-10-19-7-4-3-5-8-19)30(2)26(32)22-12-13-24-21(28-22)15-18-33-24/h3-9,12-13,15,17-18,20H,10-11,14,16H2,1-2H3,(H,27,31). The van der Waals surface area contributed by atoms with E-state index in [1.165, 1.54) is 5.56 Å². The van der Waals surface area contributed by atoms with Gasteiger partial charge in [-0.05, 0) is 49.1 Å². The number of hydrogen-bond acceptors (Lipinski definition) is 4. The highest BCUT2D eigenvalue weighted by atomic mass is 16.3. The van der Waals surface area contributed by atoms with Crippen LogP contribution in [0.5, 0.6) is 0 Å². The quantitative estimate of drug-likeness (QED) is 0.422. The molecule has 33 heavy (non-hydrogen) atoms. The van der Waals surface area contributed by atoms with Gasteiger partial charge < -0.3 is 19.2 Å². The lowest BCUT2D eigenvalue weighted by Crippen LogP contribution is -2.40. The number of amides is 2. The van der Waals surface area contributed by atoms with Crippen molar-refractivity contribution in [2.75, 3.05) is 13.6 Å². The van der Waals surface area contributed by atoms with Gasteiger partial charge in [-0.15, -0.1) is 0 Å². The number of aromatic nitrogens is 2. The van der Waals surface area contributed by atoms with Crippen molar-refractivity contribution >= 4 is 22.9 Å². The molecule has 1 aromatic carbocycles. The van der Waals surface area contributed by atoms with Crippen LogP contribution in [0.25, 0.3) is 11.1 Å². The number of nitrogens with zero attached hydrogens (tertiary/aromatic N) is 3. The molecule has 4 aromatic rings. The highest BCUT2D eigenvalue weighted by Crippen LogP contribution is 2.18. The summed E-state index contributed by atoms with van der Waals surface area (Å²) in [5.74, 6) is -0.268. The Morgan fingerprint density at radius 1 is 1.06 bits per heavy atom. The third-order valence-corrected chi connectivity index (χ3v) is 5.94. The second kappa shape index (κ2) is 10.2. The van der Waals surface area contributed by atoms with E-state index in [1.54, 1.807) is 47.0 Å². The zero-order valence-electron chi connectivity index (χ0n) is 18.9. The molecule has 1 N–H and O–H groups in total. The highest BCUT2D eigenvalue weighted by Gasteiger charge is 2.23. The number of benzene rings is 1. The summed E-state index contributed by atoms with van der Waals surface area (Å²) in [6.45, 7) is 0.468. The third kappa shape index (κ3) is 5.31. The van der Waals surface area contributed by atoms with Gasteiger partial charge in [0.25, 0.3) is 11.8 Å². The number of carbonyl (C=O) groups excluding carboxylic acids is 2. The summed E-state index contributed by atoms with van der Waals surface area (Å²) in [6.07, 6.45) is 5.66. The van der Waals surface area contributed by atoms with Gasteiger partial charge in [-0.2, -0.15) is 0 Å². The van der Waals surface area contributed by atoms with Crippen molar-refractivity contribution in [1.29, 1.82) is 0 Å². The Morgan fingerprint density at radius 3 is 2.64 bits per heavy atom. The first-order chi connectivity index (χ1) is 16.0. The van der Waals surface area contributed by atoms with Crippen LogP contribution in [0.1, 0.15) is 39.4 Å². The molecule has 2 amide bonds. The number of furan rings is 1. The van der Waals surface area contributed by atoms with E-state index in [2.05, 4.69) is 22.4 Å². The summed E-state index contributed by atoms with van der Waals surface area (Å²) < 4.78 is 7.12. The number of nitrogens with one attached hydrogen (secondary N) is 1. The fourth-order valence-electron chi connectivity index (χ4n) is 3.97. The van der Waals surface area contributed by atoms with Crippen molar-refractivity contribution in [2.45, 2.75) is 25.3 Å². The summed E-state index contributed by atoms with van der Waals surface area (Å²) in [4.78, 5) is 31.9. The van der Waals surface area contributed by atoms with Crippen LogP contribution in [-0.4, -0.2) is 45.9 Å². The van der Waals surface area contributed by atoms with E-state index in [0.717, 1.165) is 12.8 Å². The molecule has 0 radical (unpaired) electrons. The van der Waals surface area contributed by atoms with Crippen LogP contribution < -0.4 is 5.32 Å². The molecule has 0 spiro atoms. The van der Waals surface area contributed by atoms with Crippen LogP contribution >= 0.6 is 0 Å². The predicted molar refractivity (Wildman–Crippen MR) is 127 cm³/mol. The Labute approximate surface area is 193 Å². The Hall–Kier alpha value is -3.87. The van der Waals surface area contributed by atoms with E-state index >= 15 is 0 Å². The predicted octanol–water partition coefficient (Wildman–Crippen LogP) is 4.06. The maximum atomic E-state index is 13.2. The molecular weight excluding hydrogens is 416 g/mol. The molecule has 3 heterocycles.